The summed E-state index contributed by atoms with van der Waals surface area (Å²) in [6.45, 7) is 8.99. The first-order valence-corrected chi connectivity index (χ1v) is 11.3. The number of aliphatic imine (C=N–C) groups is 1. The Morgan fingerprint density at radius 3 is 2.68 bits per heavy atom. The second kappa shape index (κ2) is 12.4. The molecule has 0 radical (unpaired) electrons. The maximum Gasteiger partial charge on any atom is 0.250 e. The Bertz CT molecular complexity index is 834. The Morgan fingerprint density at radius 2 is 2.07 bits per heavy atom. The highest BCUT2D eigenvalue weighted by atomic mass is 127. The molecule has 2 aromatic rings. The summed E-state index contributed by atoms with van der Waals surface area (Å²) >= 11 is 1.20. The van der Waals surface area contributed by atoms with Crippen LogP contribution in [0.5, 0.6) is 0 Å². The molecule has 3 N–H and O–H groups in total. The van der Waals surface area contributed by atoms with Crippen LogP contribution in [0.4, 0.5) is 0 Å². The van der Waals surface area contributed by atoms with Gasteiger partial charge in [-0.15, -0.1) is 35.3 Å². The summed E-state index contributed by atoms with van der Waals surface area (Å²) in [5.74, 6) is 0.682. The lowest BCUT2D eigenvalue weighted by atomic mass is 10.4. The predicted molar refractivity (Wildman–Crippen MR) is 125 cm³/mol. The molecule has 8 nitrogen and oxygen atoms in total. The number of halogens is 1. The number of thiophene rings is 1. The van der Waals surface area contributed by atoms with Gasteiger partial charge in [-0.2, -0.15) is 5.10 Å². The normalized spacial score (nSPS) is 11.9. The lowest BCUT2D eigenvalue weighted by molar-refractivity contribution is 0.566. The number of hydrogen-bond acceptors (Lipinski definition) is 5. The SMILES string of the molecule is CCNC(=NCCCn1nc(C)cc1C)NCCNS(=O)(=O)c1cccs1.I. The van der Waals surface area contributed by atoms with Crippen molar-refractivity contribution >= 4 is 51.3 Å². The summed E-state index contributed by atoms with van der Waals surface area (Å²) in [5, 5.41) is 12.5. The first-order chi connectivity index (χ1) is 12.9. The minimum Gasteiger partial charge on any atom is -0.357 e. The van der Waals surface area contributed by atoms with Crippen LogP contribution in [-0.4, -0.2) is 50.3 Å². The van der Waals surface area contributed by atoms with Gasteiger partial charge in [0, 0.05) is 38.4 Å². The molecule has 0 spiro atoms. The fraction of sp³-hybridized carbons (Fsp3) is 0.529. The van der Waals surface area contributed by atoms with Crippen molar-refractivity contribution in [2.75, 3.05) is 26.2 Å². The highest BCUT2D eigenvalue weighted by molar-refractivity contribution is 14.0. The van der Waals surface area contributed by atoms with Crippen molar-refractivity contribution < 1.29 is 8.42 Å². The number of rotatable bonds is 10. The fourth-order valence-electron chi connectivity index (χ4n) is 2.51. The van der Waals surface area contributed by atoms with Gasteiger partial charge in [0.05, 0.1) is 5.69 Å². The van der Waals surface area contributed by atoms with Crippen molar-refractivity contribution in [3.8, 4) is 0 Å². The molecule has 0 aromatic carbocycles. The zero-order valence-electron chi connectivity index (χ0n) is 16.4. The van der Waals surface area contributed by atoms with E-state index in [1.165, 1.54) is 11.3 Å². The van der Waals surface area contributed by atoms with E-state index in [4.69, 9.17) is 0 Å². The number of hydrogen-bond donors (Lipinski definition) is 3. The van der Waals surface area contributed by atoms with E-state index in [1.807, 2.05) is 25.5 Å². The zero-order valence-corrected chi connectivity index (χ0v) is 20.4. The van der Waals surface area contributed by atoms with Gasteiger partial charge in [0.15, 0.2) is 5.96 Å². The number of nitrogens with zero attached hydrogens (tertiary/aromatic N) is 3. The van der Waals surface area contributed by atoms with Gasteiger partial charge in [-0.25, -0.2) is 13.1 Å². The molecule has 2 rings (SSSR count). The lowest BCUT2D eigenvalue weighted by Gasteiger charge is -2.12. The van der Waals surface area contributed by atoms with E-state index in [0.717, 1.165) is 30.9 Å². The van der Waals surface area contributed by atoms with Gasteiger partial charge in [-0.3, -0.25) is 9.67 Å². The van der Waals surface area contributed by atoms with E-state index in [2.05, 4.69) is 31.5 Å². The minimum absolute atomic E-state index is 0. The van der Waals surface area contributed by atoms with Crippen molar-refractivity contribution in [2.24, 2.45) is 4.99 Å². The van der Waals surface area contributed by atoms with Gasteiger partial charge in [0.25, 0.3) is 0 Å². The predicted octanol–water partition coefficient (Wildman–Crippen LogP) is 2.10. The molecular formula is C17H29IN6O2S2. The highest BCUT2D eigenvalue weighted by Gasteiger charge is 2.13. The molecule has 158 valence electrons. The fourth-order valence-corrected chi connectivity index (χ4v) is 4.58. The van der Waals surface area contributed by atoms with E-state index in [1.54, 1.807) is 17.5 Å². The second-order valence-corrected chi connectivity index (χ2v) is 8.96. The van der Waals surface area contributed by atoms with E-state index in [0.29, 0.717) is 23.3 Å². The van der Waals surface area contributed by atoms with Crippen LogP contribution in [0.3, 0.4) is 0 Å². The Morgan fingerprint density at radius 1 is 1.29 bits per heavy atom. The van der Waals surface area contributed by atoms with Crippen LogP contribution in [0.1, 0.15) is 24.7 Å². The largest absolute Gasteiger partial charge is 0.357 e. The molecule has 0 saturated carbocycles. The van der Waals surface area contributed by atoms with E-state index in [9.17, 15) is 8.42 Å². The minimum atomic E-state index is -3.42. The molecule has 0 aliphatic rings. The van der Waals surface area contributed by atoms with Crippen molar-refractivity contribution in [1.82, 2.24) is 25.1 Å². The van der Waals surface area contributed by atoms with E-state index in [-0.39, 0.29) is 30.5 Å². The molecule has 0 aliphatic heterocycles. The van der Waals surface area contributed by atoms with Crippen LogP contribution in [0.15, 0.2) is 32.8 Å². The quantitative estimate of drug-likeness (QED) is 0.186. The third-order valence-electron chi connectivity index (χ3n) is 3.71. The molecule has 0 bridgehead atoms. The lowest BCUT2D eigenvalue weighted by Crippen LogP contribution is -2.41. The highest BCUT2D eigenvalue weighted by Crippen LogP contribution is 2.14. The van der Waals surface area contributed by atoms with Gasteiger partial charge in [-0.05, 0) is 44.7 Å². The molecular weight excluding hydrogens is 511 g/mol. The summed E-state index contributed by atoms with van der Waals surface area (Å²) < 4.78 is 29.0. The van der Waals surface area contributed by atoms with Crippen molar-refractivity contribution in [1.29, 1.82) is 0 Å². The van der Waals surface area contributed by atoms with Gasteiger partial charge in [0.2, 0.25) is 10.0 Å². The number of guanidine groups is 1. The zero-order chi connectivity index (χ0) is 19.7. The Hall–Kier alpha value is -1.18. The second-order valence-electron chi connectivity index (χ2n) is 6.02. The average Bonchev–Trinajstić information content (AvgIpc) is 3.26. The first kappa shape index (κ1) is 24.9. The third-order valence-corrected chi connectivity index (χ3v) is 6.57. The van der Waals surface area contributed by atoms with Crippen LogP contribution in [0.2, 0.25) is 0 Å². The standard InChI is InChI=1S/C17H28N6O2S2.HI/c1-4-18-17(19-8-6-11-23-15(3)13-14(2)22-23)20-9-10-21-27(24,25)16-7-5-12-26-16;/h5,7,12-13,21H,4,6,8-11H2,1-3H3,(H2,18,19,20);1H. The molecule has 0 amide bonds. The molecule has 2 aromatic heterocycles. The topological polar surface area (TPSA) is 100 Å². The van der Waals surface area contributed by atoms with Crippen molar-refractivity contribution in [3.05, 3.63) is 35.0 Å². The first-order valence-electron chi connectivity index (χ1n) is 8.99. The average molecular weight is 540 g/mol. The van der Waals surface area contributed by atoms with Crippen LogP contribution >= 0.6 is 35.3 Å². The summed E-state index contributed by atoms with van der Waals surface area (Å²) in [7, 11) is -3.42. The molecule has 0 aliphatic carbocycles. The number of nitrogens with one attached hydrogen (secondary N) is 3. The molecule has 0 unspecified atom stereocenters. The number of aryl methyl sites for hydroxylation is 3. The summed E-state index contributed by atoms with van der Waals surface area (Å²) in [5.41, 5.74) is 2.18. The molecule has 0 saturated heterocycles. The van der Waals surface area contributed by atoms with Crippen molar-refractivity contribution in [3.63, 3.8) is 0 Å². The molecule has 0 atom stereocenters. The Kier molecular flexibility index (Phi) is 11.0. The maximum atomic E-state index is 12.1. The smallest absolute Gasteiger partial charge is 0.250 e. The summed E-state index contributed by atoms with van der Waals surface area (Å²) in [6, 6.07) is 5.38. The van der Waals surface area contributed by atoms with Gasteiger partial charge < -0.3 is 10.6 Å². The summed E-state index contributed by atoms with van der Waals surface area (Å²) in [6.07, 6.45) is 0.879. The third kappa shape index (κ3) is 8.05. The molecule has 11 heteroatoms. The van der Waals surface area contributed by atoms with Gasteiger partial charge in [-0.1, -0.05) is 6.07 Å². The Balaban J connectivity index is 0.00000392. The van der Waals surface area contributed by atoms with Crippen LogP contribution in [0.25, 0.3) is 0 Å². The van der Waals surface area contributed by atoms with Crippen LogP contribution in [0, 0.1) is 13.8 Å². The summed E-state index contributed by atoms with van der Waals surface area (Å²) in [4.78, 5) is 4.53. The molecule has 0 fully saturated rings. The van der Waals surface area contributed by atoms with Crippen LogP contribution < -0.4 is 15.4 Å². The number of sulfonamides is 1. The van der Waals surface area contributed by atoms with Crippen LogP contribution in [-0.2, 0) is 16.6 Å². The van der Waals surface area contributed by atoms with Gasteiger partial charge >= 0.3 is 0 Å². The molecule has 28 heavy (non-hydrogen) atoms. The van der Waals surface area contributed by atoms with Gasteiger partial charge in [0.1, 0.15) is 4.21 Å². The maximum absolute atomic E-state index is 12.1. The molecule has 2 heterocycles. The monoisotopic (exact) mass is 540 g/mol. The number of aromatic nitrogens is 2. The van der Waals surface area contributed by atoms with Crippen molar-refractivity contribution in [2.45, 2.75) is 37.9 Å². The van der Waals surface area contributed by atoms with E-state index < -0.39 is 10.0 Å². The van der Waals surface area contributed by atoms with E-state index >= 15 is 0 Å². The Labute approximate surface area is 188 Å².